The highest BCUT2D eigenvalue weighted by Gasteiger charge is 2.31. The lowest BCUT2D eigenvalue weighted by molar-refractivity contribution is 0.399. The normalized spacial score (nSPS) is 22.1. The number of benzene rings is 2. The fourth-order valence-electron chi connectivity index (χ4n) is 3.31. The third-order valence-electron chi connectivity index (χ3n) is 4.28. The first-order chi connectivity index (χ1) is 9.67. The maximum Gasteiger partial charge on any atom is 0.0453 e. The smallest absolute Gasteiger partial charge is 0.0453 e. The van der Waals surface area contributed by atoms with Gasteiger partial charge in [0.15, 0.2) is 0 Å². The van der Waals surface area contributed by atoms with Gasteiger partial charge in [-0.25, -0.2) is 0 Å². The van der Waals surface area contributed by atoms with Crippen LogP contribution in [0.3, 0.4) is 0 Å². The maximum atomic E-state index is 6.81. The van der Waals surface area contributed by atoms with Crippen LogP contribution >= 0.6 is 11.6 Å². The van der Waals surface area contributed by atoms with E-state index in [-0.39, 0.29) is 5.54 Å². The van der Waals surface area contributed by atoms with E-state index in [9.17, 15) is 0 Å². The van der Waals surface area contributed by atoms with Gasteiger partial charge in [-0.3, -0.25) is 0 Å². The number of hydrogen-bond donors (Lipinski definition) is 1. The van der Waals surface area contributed by atoms with E-state index in [0.29, 0.717) is 0 Å². The van der Waals surface area contributed by atoms with Crippen LogP contribution in [0.2, 0.25) is 5.02 Å². The van der Waals surface area contributed by atoms with E-state index < -0.39 is 0 Å². The Hall–Kier alpha value is -1.31. The van der Waals surface area contributed by atoms with Crippen molar-refractivity contribution in [3.8, 4) is 0 Å². The van der Waals surface area contributed by atoms with Crippen molar-refractivity contribution >= 4 is 11.6 Å². The van der Waals surface area contributed by atoms with Gasteiger partial charge in [-0.2, -0.15) is 0 Å². The molecule has 2 N–H and O–H groups in total. The summed E-state index contributed by atoms with van der Waals surface area (Å²) >= 11 is 6.10. The van der Waals surface area contributed by atoms with Crippen molar-refractivity contribution in [3.63, 3.8) is 0 Å². The van der Waals surface area contributed by atoms with Crippen molar-refractivity contribution in [3.05, 3.63) is 70.2 Å². The molecule has 0 aromatic heterocycles. The Morgan fingerprint density at radius 2 is 1.90 bits per heavy atom. The van der Waals surface area contributed by atoms with E-state index >= 15 is 0 Å². The molecule has 0 radical (unpaired) electrons. The molecule has 104 valence electrons. The number of fused-ring (bicyclic) bond motifs is 1. The third kappa shape index (κ3) is 2.74. The predicted molar refractivity (Wildman–Crippen MR) is 85.0 cm³/mol. The maximum absolute atomic E-state index is 6.81. The Labute approximate surface area is 125 Å². The second kappa shape index (κ2) is 5.59. The van der Waals surface area contributed by atoms with Crippen molar-refractivity contribution in [1.29, 1.82) is 0 Å². The molecule has 2 aromatic rings. The molecule has 1 atom stereocenters. The molecule has 0 spiro atoms. The van der Waals surface area contributed by atoms with E-state index in [4.69, 9.17) is 17.3 Å². The van der Waals surface area contributed by atoms with Gasteiger partial charge in [0.25, 0.3) is 0 Å². The van der Waals surface area contributed by atoms with Gasteiger partial charge in [0.2, 0.25) is 0 Å². The summed E-state index contributed by atoms with van der Waals surface area (Å²) in [5, 5.41) is 0.785. The lowest BCUT2D eigenvalue weighted by Gasteiger charge is -2.30. The molecule has 0 fully saturated rings. The monoisotopic (exact) mass is 285 g/mol. The van der Waals surface area contributed by atoms with Crippen molar-refractivity contribution < 1.29 is 0 Å². The summed E-state index contributed by atoms with van der Waals surface area (Å²) in [5.41, 5.74) is 10.5. The molecular weight excluding hydrogens is 266 g/mol. The molecule has 1 nitrogen and oxygen atoms in total. The van der Waals surface area contributed by atoms with E-state index in [0.717, 1.165) is 24.3 Å². The molecule has 0 aliphatic heterocycles. The first kappa shape index (κ1) is 13.7. The summed E-state index contributed by atoms with van der Waals surface area (Å²) in [4.78, 5) is 0. The second-order valence-electron chi connectivity index (χ2n) is 5.83. The van der Waals surface area contributed by atoms with Crippen molar-refractivity contribution in [1.82, 2.24) is 0 Å². The predicted octanol–water partition coefficient (Wildman–Crippen LogP) is 4.46. The summed E-state index contributed by atoms with van der Waals surface area (Å²) in [6.45, 7) is 0. The van der Waals surface area contributed by atoms with Gasteiger partial charge in [0.1, 0.15) is 0 Å². The van der Waals surface area contributed by atoms with Crippen LogP contribution in [0.15, 0.2) is 48.5 Å². The summed E-state index contributed by atoms with van der Waals surface area (Å²) in [5.74, 6) is 0. The zero-order valence-electron chi connectivity index (χ0n) is 11.6. The molecular formula is C18H20ClN. The van der Waals surface area contributed by atoms with Crippen LogP contribution in [-0.2, 0) is 18.4 Å². The summed E-state index contributed by atoms with van der Waals surface area (Å²) in [6, 6.07) is 16.7. The minimum atomic E-state index is -0.266. The van der Waals surface area contributed by atoms with Gasteiger partial charge < -0.3 is 5.73 Å². The van der Waals surface area contributed by atoms with Crippen LogP contribution in [0, 0.1) is 0 Å². The zero-order chi connectivity index (χ0) is 14.0. The van der Waals surface area contributed by atoms with Gasteiger partial charge in [0.05, 0.1) is 0 Å². The zero-order valence-corrected chi connectivity index (χ0v) is 12.4. The summed E-state index contributed by atoms with van der Waals surface area (Å²) in [7, 11) is 0. The standard InChI is InChI=1S/C18H20ClN/c19-16-9-5-6-14(12-16)13-18(20)11-4-3-8-15-7-1-2-10-17(15)18/h1-2,5-7,9-10,12H,3-4,8,11,13,20H2. The number of aryl methyl sites for hydroxylation is 1. The van der Waals surface area contributed by atoms with Gasteiger partial charge in [-0.1, -0.05) is 54.4 Å². The molecule has 2 heteroatoms. The highest BCUT2D eigenvalue weighted by atomic mass is 35.5. The van der Waals surface area contributed by atoms with Crippen LogP contribution in [0.25, 0.3) is 0 Å². The largest absolute Gasteiger partial charge is 0.321 e. The van der Waals surface area contributed by atoms with Crippen LogP contribution in [-0.4, -0.2) is 0 Å². The Morgan fingerprint density at radius 1 is 1.05 bits per heavy atom. The third-order valence-corrected chi connectivity index (χ3v) is 4.52. The SMILES string of the molecule is NC1(Cc2cccc(Cl)c2)CCCCc2ccccc21. The van der Waals surface area contributed by atoms with E-state index in [1.165, 1.54) is 29.5 Å². The number of rotatable bonds is 2. The summed E-state index contributed by atoms with van der Waals surface area (Å²) in [6.07, 6.45) is 5.45. The molecule has 1 aliphatic carbocycles. The van der Waals surface area contributed by atoms with Crippen LogP contribution in [0.4, 0.5) is 0 Å². The lowest BCUT2D eigenvalue weighted by Crippen LogP contribution is -2.39. The quantitative estimate of drug-likeness (QED) is 0.810. The highest BCUT2D eigenvalue weighted by Crippen LogP contribution is 2.35. The van der Waals surface area contributed by atoms with Gasteiger partial charge in [-0.05, 0) is 54.5 Å². The Bertz CT molecular complexity index is 608. The second-order valence-corrected chi connectivity index (χ2v) is 6.26. The average Bonchev–Trinajstić information content (AvgIpc) is 2.59. The first-order valence-corrected chi connectivity index (χ1v) is 7.67. The number of halogens is 1. The first-order valence-electron chi connectivity index (χ1n) is 7.29. The fourth-order valence-corrected chi connectivity index (χ4v) is 3.52. The molecule has 20 heavy (non-hydrogen) atoms. The molecule has 0 saturated heterocycles. The number of hydrogen-bond acceptors (Lipinski definition) is 1. The van der Waals surface area contributed by atoms with Gasteiger partial charge >= 0.3 is 0 Å². The number of nitrogens with two attached hydrogens (primary N) is 1. The molecule has 2 aromatic carbocycles. The van der Waals surface area contributed by atoms with Crippen molar-refractivity contribution in [2.24, 2.45) is 5.73 Å². The van der Waals surface area contributed by atoms with Gasteiger partial charge in [-0.15, -0.1) is 0 Å². The van der Waals surface area contributed by atoms with Gasteiger partial charge in [0, 0.05) is 10.6 Å². The average molecular weight is 286 g/mol. The topological polar surface area (TPSA) is 26.0 Å². The minimum Gasteiger partial charge on any atom is -0.321 e. The van der Waals surface area contributed by atoms with Crippen LogP contribution < -0.4 is 5.73 Å². The molecule has 1 aliphatic rings. The lowest BCUT2D eigenvalue weighted by atomic mass is 9.80. The van der Waals surface area contributed by atoms with E-state index in [1.807, 2.05) is 18.2 Å². The molecule has 0 amide bonds. The minimum absolute atomic E-state index is 0.266. The fraction of sp³-hybridized carbons (Fsp3) is 0.333. The van der Waals surface area contributed by atoms with E-state index in [1.54, 1.807) is 0 Å². The molecule has 0 saturated carbocycles. The van der Waals surface area contributed by atoms with E-state index in [2.05, 4.69) is 30.3 Å². The molecule has 0 bridgehead atoms. The Balaban J connectivity index is 1.98. The summed E-state index contributed by atoms with van der Waals surface area (Å²) < 4.78 is 0. The van der Waals surface area contributed by atoms with Crippen LogP contribution in [0.1, 0.15) is 36.0 Å². The molecule has 0 heterocycles. The van der Waals surface area contributed by atoms with Crippen LogP contribution in [0.5, 0.6) is 0 Å². The Kier molecular flexibility index (Phi) is 3.82. The molecule has 3 rings (SSSR count). The van der Waals surface area contributed by atoms with Crippen molar-refractivity contribution in [2.75, 3.05) is 0 Å². The Morgan fingerprint density at radius 3 is 2.75 bits per heavy atom. The van der Waals surface area contributed by atoms with Crippen molar-refractivity contribution in [2.45, 2.75) is 37.6 Å². The highest BCUT2D eigenvalue weighted by molar-refractivity contribution is 6.30. The molecule has 1 unspecified atom stereocenters.